The molecule has 0 radical (unpaired) electrons. The zero-order valence-corrected chi connectivity index (χ0v) is 11.9. The summed E-state index contributed by atoms with van der Waals surface area (Å²) in [4.78, 5) is 15.5. The van der Waals surface area contributed by atoms with Crippen molar-refractivity contribution in [1.29, 1.82) is 0 Å². The van der Waals surface area contributed by atoms with Crippen LogP contribution in [0.5, 0.6) is 0 Å². The molecule has 0 bridgehead atoms. The lowest BCUT2D eigenvalue weighted by atomic mass is 10.2. The molecule has 5 nitrogen and oxygen atoms in total. The smallest absolute Gasteiger partial charge is 0.227 e. The molecule has 0 saturated heterocycles. The largest absolute Gasteiger partial charge is 0.323 e. The molecule has 7 heteroatoms. The second-order valence-electron chi connectivity index (χ2n) is 4.57. The average Bonchev–Trinajstić information content (AvgIpc) is 2.81. The highest BCUT2D eigenvalue weighted by Crippen LogP contribution is 2.19. The minimum atomic E-state index is -0.460. The number of aromatic nitrogens is 3. The SMILES string of the molecule is CC(C)C(=O)Nc1cn(-c2cncc(F)c2)nc1CCl. The van der Waals surface area contributed by atoms with E-state index in [0.29, 0.717) is 17.1 Å². The number of pyridine rings is 1. The zero-order chi connectivity index (χ0) is 14.7. The van der Waals surface area contributed by atoms with Gasteiger partial charge in [-0.3, -0.25) is 9.78 Å². The Balaban J connectivity index is 2.33. The van der Waals surface area contributed by atoms with Gasteiger partial charge in [-0.2, -0.15) is 5.10 Å². The van der Waals surface area contributed by atoms with Gasteiger partial charge in [-0.15, -0.1) is 11.6 Å². The minimum Gasteiger partial charge on any atom is -0.323 e. The van der Waals surface area contributed by atoms with Gasteiger partial charge in [0.15, 0.2) is 0 Å². The summed E-state index contributed by atoms with van der Waals surface area (Å²) in [6.07, 6.45) is 4.17. The van der Waals surface area contributed by atoms with Gasteiger partial charge >= 0.3 is 0 Å². The predicted molar refractivity (Wildman–Crippen MR) is 74.3 cm³/mol. The van der Waals surface area contributed by atoms with E-state index in [1.165, 1.54) is 16.9 Å². The van der Waals surface area contributed by atoms with Crippen LogP contribution in [0.2, 0.25) is 0 Å². The number of rotatable bonds is 4. The summed E-state index contributed by atoms with van der Waals surface area (Å²) in [7, 11) is 0. The molecule has 106 valence electrons. The molecule has 0 saturated carbocycles. The van der Waals surface area contributed by atoms with Crippen molar-refractivity contribution < 1.29 is 9.18 Å². The maximum Gasteiger partial charge on any atom is 0.227 e. The third kappa shape index (κ3) is 3.14. The molecule has 2 rings (SSSR count). The van der Waals surface area contributed by atoms with E-state index in [0.717, 1.165) is 6.20 Å². The van der Waals surface area contributed by atoms with Gasteiger partial charge in [0, 0.05) is 12.0 Å². The van der Waals surface area contributed by atoms with E-state index >= 15 is 0 Å². The quantitative estimate of drug-likeness (QED) is 0.883. The van der Waals surface area contributed by atoms with Gasteiger partial charge < -0.3 is 5.32 Å². The van der Waals surface area contributed by atoms with Crippen molar-refractivity contribution >= 4 is 23.2 Å². The first-order valence-electron chi connectivity index (χ1n) is 6.07. The Kier molecular flexibility index (Phi) is 4.34. The fraction of sp³-hybridized carbons (Fsp3) is 0.308. The molecule has 2 aromatic rings. The number of carbonyl (C=O) groups excluding carboxylic acids is 1. The van der Waals surface area contributed by atoms with Crippen LogP contribution in [0.1, 0.15) is 19.5 Å². The fourth-order valence-corrected chi connectivity index (χ4v) is 1.75. The van der Waals surface area contributed by atoms with Crippen LogP contribution < -0.4 is 5.32 Å². The lowest BCUT2D eigenvalue weighted by molar-refractivity contribution is -0.118. The number of hydrogen-bond donors (Lipinski definition) is 1. The molecular weight excluding hydrogens is 283 g/mol. The maximum atomic E-state index is 13.2. The van der Waals surface area contributed by atoms with E-state index in [2.05, 4.69) is 15.4 Å². The van der Waals surface area contributed by atoms with Crippen LogP contribution in [0.25, 0.3) is 5.69 Å². The van der Waals surface area contributed by atoms with Crippen LogP contribution in [-0.4, -0.2) is 20.7 Å². The van der Waals surface area contributed by atoms with Crippen molar-refractivity contribution in [3.63, 3.8) is 0 Å². The second-order valence-corrected chi connectivity index (χ2v) is 4.84. The van der Waals surface area contributed by atoms with Crippen LogP contribution in [0, 0.1) is 11.7 Å². The van der Waals surface area contributed by atoms with E-state index in [1.54, 1.807) is 20.0 Å². The summed E-state index contributed by atoms with van der Waals surface area (Å²) in [5.74, 6) is -0.604. The molecule has 2 heterocycles. The van der Waals surface area contributed by atoms with E-state index in [9.17, 15) is 9.18 Å². The normalized spacial score (nSPS) is 10.8. The van der Waals surface area contributed by atoms with E-state index < -0.39 is 5.82 Å². The van der Waals surface area contributed by atoms with Crippen molar-refractivity contribution in [2.24, 2.45) is 5.92 Å². The van der Waals surface area contributed by atoms with Crippen LogP contribution >= 0.6 is 11.6 Å². The lowest BCUT2D eigenvalue weighted by Gasteiger charge is -2.05. The molecule has 1 amide bonds. The summed E-state index contributed by atoms with van der Waals surface area (Å²) in [6, 6.07) is 1.30. The first kappa shape index (κ1) is 14.5. The van der Waals surface area contributed by atoms with Gasteiger partial charge in [0.05, 0.1) is 35.8 Å². The highest BCUT2D eigenvalue weighted by Gasteiger charge is 2.14. The second kappa shape index (κ2) is 6.00. The highest BCUT2D eigenvalue weighted by atomic mass is 35.5. The zero-order valence-electron chi connectivity index (χ0n) is 11.1. The number of alkyl halides is 1. The van der Waals surface area contributed by atoms with Crippen LogP contribution in [0.3, 0.4) is 0 Å². The summed E-state index contributed by atoms with van der Waals surface area (Å²) in [5.41, 5.74) is 1.49. The Hall–Kier alpha value is -1.95. The summed E-state index contributed by atoms with van der Waals surface area (Å²) in [5, 5.41) is 6.96. The minimum absolute atomic E-state index is 0.131. The Labute approximate surface area is 120 Å². The molecule has 0 unspecified atom stereocenters. The predicted octanol–water partition coefficient (Wildman–Crippen LogP) is 2.74. The van der Waals surface area contributed by atoms with Gasteiger partial charge in [-0.1, -0.05) is 13.8 Å². The molecule has 0 fully saturated rings. The van der Waals surface area contributed by atoms with Crippen LogP contribution in [0.4, 0.5) is 10.1 Å². The number of nitrogens with one attached hydrogen (secondary N) is 1. The third-order valence-electron chi connectivity index (χ3n) is 2.65. The fourth-order valence-electron chi connectivity index (χ4n) is 1.55. The van der Waals surface area contributed by atoms with E-state index in [1.807, 2.05) is 0 Å². The molecule has 0 spiro atoms. The molecule has 20 heavy (non-hydrogen) atoms. The Morgan fingerprint density at radius 3 is 2.85 bits per heavy atom. The van der Waals surface area contributed by atoms with Gasteiger partial charge in [0.25, 0.3) is 0 Å². The molecule has 0 atom stereocenters. The van der Waals surface area contributed by atoms with Crippen molar-refractivity contribution in [3.05, 3.63) is 36.2 Å². The molecule has 2 aromatic heterocycles. The molecule has 0 aromatic carbocycles. The number of nitrogens with zero attached hydrogens (tertiary/aromatic N) is 3. The van der Waals surface area contributed by atoms with E-state index in [4.69, 9.17) is 11.6 Å². The van der Waals surface area contributed by atoms with Crippen molar-refractivity contribution in [2.45, 2.75) is 19.7 Å². The van der Waals surface area contributed by atoms with Gasteiger partial charge in [0.2, 0.25) is 5.91 Å². The third-order valence-corrected chi connectivity index (χ3v) is 2.91. The number of halogens is 2. The number of anilines is 1. The molecular formula is C13H14ClFN4O. The monoisotopic (exact) mass is 296 g/mol. The first-order chi connectivity index (χ1) is 9.51. The van der Waals surface area contributed by atoms with Crippen molar-refractivity contribution in [3.8, 4) is 5.69 Å². The highest BCUT2D eigenvalue weighted by molar-refractivity contribution is 6.17. The Bertz CT molecular complexity index is 627. The van der Waals surface area contributed by atoms with Gasteiger partial charge in [0.1, 0.15) is 11.5 Å². The number of hydrogen-bond acceptors (Lipinski definition) is 3. The molecule has 0 aliphatic carbocycles. The molecule has 1 N–H and O–H groups in total. The van der Waals surface area contributed by atoms with Crippen molar-refractivity contribution in [1.82, 2.24) is 14.8 Å². The Morgan fingerprint density at radius 1 is 1.50 bits per heavy atom. The summed E-state index contributed by atoms with van der Waals surface area (Å²) >= 11 is 5.81. The first-order valence-corrected chi connectivity index (χ1v) is 6.61. The lowest BCUT2D eigenvalue weighted by Crippen LogP contribution is -2.18. The summed E-state index contributed by atoms with van der Waals surface area (Å²) < 4.78 is 14.6. The van der Waals surface area contributed by atoms with Gasteiger partial charge in [-0.25, -0.2) is 9.07 Å². The Morgan fingerprint density at radius 2 is 2.25 bits per heavy atom. The molecule has 0 aliphatic rings. The molecule has 0 aliphatic heterocycles. The van der Waals surface area contributed by atoms with Crippen LogP contribution in [-0.2, 0) is 10.7 Å². The number of amides is 1. The van der Waals surface area contributed by atoms with Gasteiger partial charge in [-0.05, 0) is 0 Å². The topological polar surface area (TPSA) is 59.8 Å². The maximum absolute atomic E-state index is 13.2. The summed E-state index contributed by atoms with van der Waals surface area (Å²) in [6.45, 7) is 3.58. The standard InChI is InChI=1S/C13H14ClFN4O/c1-8(2)13(20)17-12-7-19(18-11(12)4-14)10-3-9(15)5-16-6-10/h3,5-8H,4H2,1-2H3,(H,17,20). The van der Waals surface area contributed by atoms with Crippen LogP contribution in [0.15, 0.2) is 24.7 Å². The average molecular weight is 297 g/mol. The number of carbonyl (C=O) groups is 1. The van der Waals surface area contributed by atoms with E-state index in [-0.39, 0.29) is 17.7 Å². The van der Waals surface area contributed by atoms with Crippen molar-refractivity contribution in [2.75, 3.05) is 5.32 Å².